The maximum atomic E-state index is 12.0. The topological polar surface area (TPSA) is 93.4 Å². The summed E-state index contributed by atoms with van der Waals surface area (Å²) >= 11 is 0. The van der Waals surface area contributed by atoms with Crippen molar-refractivity contribution in [3.8, 4) is 5.75 Å². The fourth-order valence-corrected chi connectivity index (χ4v) is 1.58. The summed E-state index contributed by atoms with van der Waals surface area (Å²) in [5.74, 6) is 0.332. The van der Waals surface area contributed by atoms with Gasteiger partial charge in [0.1, 0.15) is 11.8 Å². The van der Waals surface area contributed by atoms with Crippen LogP contribution < -0.4 is 21.1 Å². The van der Waals surface area contributed by atoms with Gasteiger partial charge in [0, 0.05) is 5.69 Å². The van der Waals surface area contributed by atoms with E-state index in [1.54, 1.807) is 31.4 Å². The molecule has 3 amide bonds. The van der Waals surface area contributed by atoms with E-state index in [1.165, 1.54) is 0 Å². The second kappa shape index (κ2) is 6.63. The molecule has 1 aromatic rings. The lowest BCUT2D eigenvalue weighted by atomic mass is 10.0. The van der Waals surface area contributed by atoms with Crippen molar-refractivity contribution >= 4 is 17.6 Å². The quantitative estimate of drug-likeness (QED) is 0.749. The molecule has 0 saturated heterocycles. The third-order valence-corrected chi connectivity index (χ3v) is 2.60. The molecule has 0 saturated carbocycles. The summed E-state index contributed by atoms with van der Waals surface area (Å²) in [6.07, 6.45) is 0. The average Bonchev–Trinajstić information content (AvgIpc) is 2.36. The van der Waals surface area contributed by atoms with Crippen molar-refractivity contribution in [1.29, 1.82) is 0 Å². The van der Waals surface area contributed by atoms with Crippen LogP contribution in [0.25, 0.3) is 0 Å². The predicted octanol–water partition coefficient (Wildman–Crippen LogP) is 1.33. The molecule has 1 aromatic carbocycles. The van der Waals surface area contributed by atoms with Crippen molar-refractivity contribution in [2.45, 2.75) is 19.9 Å². The Hall–Kier alpha value is -2.24. The lowest BCUT2D eigenvalue weighted by Crippen LogP contribution is -2.49. The molecule has 0 heterocycles. The summed E-state index contributed by atoms with van der Waals surface area (Å²) in [4.78, 5) is 22.9. The van der Waals surface area contributed by atoms with Crippen LogP contribution >= 0.6 is 0 Å². The van der Waals surface area contributed by atoms with Gasteiger partial charge in [0.25, 0.3) is 0 Å². The van der Waals surface area contributed by atoms with E-state index in [4.69, 9.17) is 10.5 Å². The molecule has 0 aliphatic heterocycles. The van der Waals surface area contributed by atoms with Crippen LogP contribution in [0.2, 0.25) is 0 Å². The zero-order chi connectivity index (χ0) is 14.4. The molecule has 104 valence electrons. The highest BCUT2D eigenvalue weighted by atomic mass is 16.5. The molecule has 6 heteroatoms. The standard InChI is InChI=1S/C13H19N3O3/c1-8(2)11(16-13(14)18)12(17)15-9-4-6-10(19-3)7-5-9/h4-8,11H,1-3H3,(H,15,17)(H3,14,16,18)/t11-/m0/s1. The number of rotatable bonds is 5. The summed E-state index contributed by atoms with van der Waals surface area (Å²) in [7, 11) is 1.57. The number of carbonyl (C=O) groups excluding carboxylic acids is 2. The molecular formula is C13H19N3O3. The maximum Gasteiger partial charge on any atom is 0.312 e. The van der Waals surface area contributed by atoms with Crippen molar-refractivity contribution in [2.75, 3.05) is 12.4 Å². The Labute approximate surface area is 112 Å². The van der Waals surface area contributed by atoms with Gasteiger partial charge in [-0.15, -0.1) is 0 Å². The molecule has 19 heavy (non-hydrogen) atoms. The molecule has 0 aliphatic rings. The first kappa shape index (κ1) is 14.8. The Balaban J connectivity index is 2.72. The highest BCUT2D eigenvalue weighted by molar-refractivity contribution is 5.97. The minimum atomic E-state index is -0.719. The molecule has 4 N–H and O–H groups in total. The summed E-state index contributed by atoms with van der Waals surface area (Å²) in [5, 5.41) is 5.14. The van der Waals surface area contributed by atoms with E-state index >= 15 is 0 Å². The van der Waals surface area contributed by atoms with Crippen molar-refractivity contribution in [2.24, 2.45) is 11.7 Å². The van der Waals surface area contributed by atoms with Crippen LogP contribution in [0, 0.1) is 5.92 Å². The average molecular weight is 265 g/mol. The minimum absolute atomic E-state index is 0.0641. The van der Waals surface area contributed by atoms with Gasteiger partial charge in [0.2, 0.25) is 5.91 Å². The largest absolute Gasteiger partial charge is 0.497 e. The minimum Gasteiger partial charge on any atom is -0.497 e. The van der Waals surface area contributed by atoms with E-state index in [0.29, 0.717) is 11.4 Å². The van der Waals surface area contributed by atoms with Gasteiger partial charge < -0.3 is 21.1 Å². The first-order valence-electron chi connectivity index (χ1n) is 5.95. The lowest BCUT2D eigenvalue weighted by Gasteiger charge is -2.20. The van der Waals surface area contributed by atoms with Gasteiger partial charge in [-0.25, -0.2) is 4.79 Å². The summed E-state index contributed by atoms with van der Waals surface area (Å²) in [5.41, 5.74) is 5.68. The van der Waals surface area contributed by atoms with Gasteiger partial charge in [0.15, 0.2) is 0 Å². The normalized spacial score (nSPS) is 11.8. The molecule has 0 bridgehead atoms. The predicted molar refractivity (Wildman–Crippen MR) is 73.0 cm³/mol. The monoisotopic (exact) mass is 265 g/mol. The van der Waals surface area contributed by atoms with Gasteiger partial charge in [-0.2, -0.15) is 0 Å². The number of benzene rings is 1. The number of hydrogen-bond acceptors (Lipinski definition) is 3. The molecule has 6 nitrogen and oxygen atoms in total. The van der Waals surface area contributed by atoms with Crippen molar-refractivity contribution in [1.82, 2.24) is 5.32 Å². The number of urea groups is 1. The van der Waals surface area contributed by atoms with E-state index in [0.717, 1.165) is 0 Å². The van der Waals surface area contributed by atoms with Gasteiger partial charge in [-0.1, -0.05) is 13.8 Å². The van der Waals surface area contributed by atoms with Gasteiger partial charge in [0.05, 0.1) is 7.11 Å². The van der Waals surface area contributed by atoms with Crippen LogP contribution in [-0.4, -0.2) is 25.1 Å². The first-order chi connectivity index (χ1) is 8.93. The Morgan fingerprint density at radius 3 is 2.21 bits per heavy atom. The molecule has 0 unspecified atom stereocenters. The van der Waals surface area contributed by atoms with Crippen LogP contribution in [0.3, 0.4) is 0 Å². The lowest BCUT2D eigenvalue weighted by molar-refractivity contribution is -0.118. The maximum absolute atomic E-state index is 12.0. The Morgan fingerprint density at radius 2 is 1.79 bits per heavy atom. The second-order valence-electron chi connectivity index (χ2n) is 4.45. The number of carbonyl (C=O) groups is 2. The van der Waals surface area contributed by atoms with Crippen molar-refractivity contribution in [3.63, 3.8) is 0 Å². The van der Waals surface area contributed by atoms with E-state index < -0.39 is 12.1 Å². The fourth-order valence-electron chi connectivity index (χ4n) is 1.58. The van der Waals surface area contributed by atoms with Gasteiger partial charge >= 0.3 is 6.03 Å². The Morgan fingerprint density at radius 1 is 1.21 bits per heavy atom. The first-order valence-corrected chi connectivity index (χ1v) is 5.95. The van der Waals surface area contributed by atoms with Crippen molar-refractivity contribution < 1.29 is 14.3 Å². The van der Waals surface area contributed by atoms with E-state index in [9.17, 15) is 9.59 Å². The highest BCUT2D eigenvalue weighted by Gasteiger charge is 2.23. The number of anilines is 1. The molecule has 0 fully saturated rings. The fraction of sp³-hybridized carbons (Fsp3) is 0.385. The third-order valence-electron chi connectivity index (χ3n) is 2.60. The third kappa shape index (κ3) is 4.50. The van der Waals surface area contributed by atoms with Gasteiger partial charge in [-0.05, 0) is 30.2 Å². The molecule has 1 rings (SSSR count). The summed E-state index contributed by atoms with van der Waals surface area (Å²) in [6, 6.07) is 5.53. The second-order valence-corrected chi connectivity index (χ2v) is 4.45. The van der Waals surface area contributed by atoms with Gasteiger partial charge in [-0.3, -0.25) is 4.79 Å². The van der Waals surface area contributed by atoms with E-state index in [-0.39, 0.29) is 11.8 Å². The zero-order valence-corrected chi connectivity index (χ0v) is 11.3. The van der Waals surface area contributed by atoms with Crippen LogP contribution in [0.15, 0.2) is 24.3 Å². The van der Waals surface area contributed by atoms with Crippen molar-refractivity contribution in [3.05, 3.63) is 24.3 Å². The molecule has 0 aliphatic carbocycles. The Kier molecular flexibility index (Phi) is 5.17. The van der Waals surface area contributed by atoms with E-state index in [2.05, 4.69) is 10.6 Å². The van der Waals surface area contributed by atoms with E-state index in [1.807, 2.05) is 13.8 Å². The van der Waals surface area contributed by atoms with Crippen LogP contribution in [-0.2, 0) is 4.79 Å². The molecule has 1 atom stereocenters. The molecule has 0 radical (unpaired) electrons. The molecule has 0 spiro atoms. The zero-order valence-electron chi connectivity index (χ0n) is 11.3. The summed E-state index contributed by atoms with van der Waals surface area (Å²) < 4.78 is 5.03. The number of methoxy groups -OCH3 is 1. The van der Waals surface area contributed by atoms with Crippen LogP contribution in [0.4, 0.5) is 10.5 Å². The number of primary amides is 1. The number of nitrogens with two attached hydrogens (primary N) is 1. The Bertz CT molecular complexity index is 443. The number of hydrogen-bond donors (Lipinski definition) is 3. The summed E-state index contributed by atoms with van der Waals surface area (Å²) in [6.45, 7) is 3.66. The van der Waals surface area contributed by atoms with Crippen LogP contribution in [0.5, 0.6) is 5.75 Å². The molecular weight excluding hydrogens is 246 g/mol. The van der Waals surface area contributed by atoms with Crippen LogP contribution in [0.1, 0.15) is 13.8 Å². The SMILES string of the molecule is COc1ccc(NC(=O)[C@@H](NC(N)=O)C(C)C)cc1. The molecule has 0 aromatic heterocycles. The number of ether oxygens (including phenoxy) is 1. The smallest absolute Gasteiger partial charge is 0.312 e. The highest BCUT2D eigenvalue weighted by Crippen LogP contribution is 2.15. The number of nitrogens with one attached hydrogen (secondary N) is 2. The number of amides is 3.